The van der Waals surface area contributed by atoms with Crippen LogP contribution in [0.3, 0.4) is 0 Å². The largest absolute Gasteiger partial charge is 0.303 e. The lowest BCUT2D eigenvalue weighted by atomic mass is 9.95. The smallest absolute Gasteiger partial charge is 0.269 e. The summed E-state index contributed by atoms with van der Waals surface area (Å²) < 4.78 is 0. The molecule has 0 unspecified atom stereocenters. The first-order chi connectivity index (χ1) is 9.06. The van der Waals surface area contributed by atoms with Gasteiger partial charge in [0.25, 0.3) is 5.91 Å². The number of rotatable bonds is 3. The Balaban J connectivity index is 1.94. The van der Waals surface area contributed by atoms with Crippen molar-refractivity contribution in [2.75, 3.05) is 0 Å². The Morgan fingerprint density at radius 2 is 2.11 bits per heavy atom. The molecule has 0 saturated heterocycles. The number of carbonyl (C=O) groups is 1. The predicted octanol–water partition coefficient (Wildman–Crippen LogP) is 3.24. The highest BCUT2D eigenvalue weighted by Gasteiger charge is 2.12. The number of allylic oxidation sites excluding steroid dienone is 2. The van der Waals surface area contributed by atoms with Crippen LogP contribution in [0.4, 0.5) is 0 Å². The number of aryl methyl sites for hydroxylation is 2. The molecule has 3 heteroatoms. The maximum absolute atomic E-state index is 12.1. The van der Waals surface area contributed by atoms with Crippen LogP contribution in [0.25, 0.3) is 0 Å². The molecule has 1 aliphatic carbocycles. The van der Waals surface area contributed by atoms with Crippen LogP contribution in [0.2, 0.25) is 0 Å². The first kappa shape index (κ1) is 13.7. The summed E-state index contributed by atoms with van der Waals surface area (Å²) in [5.74, 6) is 0.678. The van der Waals surface area contributed by atoms with Gasteiger partial charge in [-0.2, -0.15) is 0 Å². The van der Waals surface area contributed by atoms with E-state index in [1.807, 2.05) is 32.0 Å². The van der Waals surface area contributed by atoms with E-state index in [9.17, 15) is 4.79 Å². The highest BCUT2D eigenvalue weighted by Crippen LogP contribution is 2.20. The Labute approximate surface area is 115 Å². The van der Waals surface area contributed by atoms with E-state index < -0.39 is 0 Å². The third-order valence-corrected chi connectivity index (χ3v) is 3.64. The Morgan fingerprint density at radius 3 is 2.74 bits per heavy atom. The molecule has 1 aliphatic rings. The normalized spacial score (nSPS) is 18.7. The van der Waals surface area contributed by atoms with Gasteiger partial charge in [0, 0.05) is 11.3 Å². The lowest BCUT2D eigenvalue weighted by molar-refractivity contribution is 0.0937. The molecule has 1 atom stereocenters. The minimum Gasteiger partial charge on any atom is -0.303 e. The summed E-state index contributed by atoms with van der Waals surface area (Å²) >= 11 is 0. The lowest BCUT2D eigenvalue weighted by Crippen LogP contribution is -2.37. The number of nitrogens with one attached hydrogen (secondary N) is 2. The molecule has 102 valence electrons. The Morgan fingerprint density at radius 1 is 1.32 bits per heavy atom. The van der Waals surface area contributed by atoms with Crippen LogP contribution in [-0.2, 0) is 0 Å². The molecule has 0 saturated carbocycles. The number of hydrazine groups is 1. The third-order valence-electron chi connectivity index (χ3n) is 3.64. The van der Waals surface area contributed by atoms with Crippen LogP contribution >= 0.6 is 0 Å². The van der Waals surface area contributed by atoms with Crippen LogP contribution in [0.1, 0.15) is 47.7 Å². The van der Waals surface area contributed by atoms with E-state index in [-0.39, 0.29) is 5.91 Å². The van der Waals surface area contributed by atoms with Crippen molar-refractivity contribution in [2.45, 2.75) is 40.0 Å². The van der Waals surface area contributed by atoms with Crippen molar-refractivity contribution in [3.05, 3.63) is 46.7 Å². The Hall–Kier alpha value is -1.77. The molecule has 0 radical (unpaired) electrons. The molecule has 0 aliphatic heterocycles. The fraction of sp³-hybridized carbons (Fsp3) is 0.438. The Bertz CT molecular complexity index is 505. The molecular formula is C16H22N2O. The van der Waals surface area contributed by atoms with Crippen molar-refractivity contribution < 1.29 is 4.79 Å². The third kappa shape index (κ3) is 3.60. The molecule has 1 aromatic rings. The van der Waals surface area contributed by atoms with Crippen LogP contribution in [0.5, 0.6) is 0 Å². The van der Waals surface area contributed by atoms with Gasteiger partial charge in [0.05, 0.1) is 0 Å². The standard InChI is InChI=1S/C16H22N2O/c1-11-4-7-14(8-5-11)17-18-16(19)15-9-6-12(2)10-13(15)3/h6-7,9-11,17H,4-5,8H2,1-3H3,(H,18,19)/t11-/m0/s1. The first-order valence-corrected chi connectivity index (χ1v) is 6.89. The summed E-state index contributed by atoms with van der Waals surface area (Å²) in [5, 5.41) is 0. The number of hydrogen-bond acceptors (Lipinski definition) is 2. The van der Waals surface area contributed by atoms with Gasteiger partial charge in [0.15, 0.2) is 0 Å². The van der Waals surface area contributed by atoms with Crippen LogP contribution in [0, 0.1) is 19.8 Å². The summed E-state index contributed by atoms with van der Waals surface area (Å²) in [7, 11) is 0. The molecule has 19 heavy (non-hydrogen) atoms. The summed E-state index contributed by atoms with van der Waals surface area (Å²) in [6, 6.07) is 5.86. The van der Waals surface area contributed by atoms with Crippen molar-refractivity contribution in [2.24, 2.45) is 5.92 Å². The number of amides is 1. The molecule has 0 heterocycles. The van der Waals surface area contributed by atoms with E-state index >= 15 is 0 Å². The second-order valence-corrected chi connectivity index (χ2v) is 5.51. The molecule has 0 aromatic heterocycles. The van der Waals surface area contributed by atoms with Crippen molar-refractivity contribution >= 4 is 5.91 Å². The zero-order valence-corrected chi connectivity index (χ0v) is 11.9. The SMILES string of the molecule is Cc1ccc(C(=O)NNC2=CC[C@H](C)CC2)c(C)c1. The summed E-state index contributed by atoms with van der Waals surface area (Å²) in [6.45, 7) is 6.24. The second kappa shape index (κ2) is 5.91. The minimum atomic E-state index is -0.0722. The van der Waals surface area contributed by atoms with Crippen LogP contribution in [-0.4, -0.2) is 5.91 Å². The molecule has 2 N–H and O–H groups in total. The van der Waals surface area contributed by atoms with Crippen LogP contribution < -0.4 is 10.9 Å². The maximum atomic E-state index is 12.1. The summed E-state index contributed by atoms with van der Waals surface area (Å²) in [6.07, 6.45) is 5.45. The van der Waals surface area contributed by atoms with Gasteiger partial charge >= 0.3 is 0 Å². The number of carbonyl (C=O) groups excluding carboxylic acids is 1. The maximum Gasteiger partial charge on any atom is 0.269 e. The van der Waals surface area contributed by atoms with Crippen LogP contribution in [0.15, 0.2) is 30.0 Å². The second-order valence-electron chi connectivity index (χ2n) is 5.51. The fourth-order valence-electron chi connectivity index (χ4n) is 2.35. The monoisotopic (exact) mass is 258 g/mol. The van der Waals surface area contributed by atoms with Gasteiger partial charge in [0.2, 0.25) is 0 Å². The summed E-state index contributed by atoms with van der Waals surface area (Å²) in [5.41, 5.74) is 9.85. The highest BCUT2D eigenvalue weighted by atomic mass is 16.2. The number of hydrogen-bond donors (Lipinski definition) is 2. The average Bonchev–Trinajstić information content (AvgIpc) is 2.37. The zero-order chi connectivity index (χ0) is 13.8. The molecule has 3 nitrogen and oxygen atoms in total. The average molecular weight is 258 g/mol. The van der Waals surface area contributed by atoms with Crippen molar-refractivity contribution in [3.63, 3.8) is 0 Å². The molecular weight excluding hydrogens is 236 g/mol. The van der Waals surface area contributed by atoms with Gasteiger partial charge in [-0.1, -0.05) is 30.7 Å². The highest BCUT2D eigenvalue weighted by molar-refractivity contribution is 5.95. The van der Waals surface area contributed by atoms with E-state index in [0.29, 0.717) is 0 Å². The van der Waals surface area contributed by atoms with Crippen molar-refractivity contribution in [1.82, 2.24) is 10.9 Å². The molecule has 0 bridgehead atoms. The van der Waals surface area contributed by atoms with Crippen molar-refractivity contribution in [3.8, 4) is 0 Å². The molecule has 0 fully saturated rings. The van der Waals surface area contributed by atoms with E-state index in [1.54, 1.807) is 0 Å². The number of benzene rings is 1. The fourth-order valence-corrected chi connectivity index (χ4v) is 2.35. The molecule has 1 amide bonds. The molecule has 0 spiro atoms. The topological polar surface area (TPSA) is 41.1 Å². The van der Waals surface area contributed by atoms with Gasteiger partial charge in [-0.3, -0.25) is 10.2 Å². The lowest BCUT2D eigenvalue weighted by Gasteiger charge is -2.20. The van der Waals surface area contributed by atoms with Gasteiger partial charge in [0.1, 0.15) is 0 Å². The first-order valence-electron chi connectivity index (χ1n) is 6.89. The van der Waals surface area contributed by atoms with E-state index in [0.717, 1.165) is 35.6 Å². The minimum absolute atomic E-state index is 0.0722. The van der Waals surface area contributed by atoms with E-state index in [2.05, 4.69) is 23.9 Å². The van der Waals surface area contributed by atoms with Crippen molar-refractivity contribution in [1.29, 1.82) is 0 Å². The molecule has 2 rings (SSSR count). The molecule has 1 aromatic carbocycles. The predicted molar refractivity (Wildman–Crippen MR) is 77.6 cm³/mol. The van der Waals surface area contributed by atoms with Gasteiger partial charge in [-0.05, 0) is 50.7 Å². The summed E-state index contributed by atoms with van der Waals surface area (Å²) in [4.78, 5) is 12.1. The zero-order valence-electron chi connectivity index (χ0n) is 11.9. The van der Waals surface area contributed by atoms with E-state index in [4.69, 9.17) is 0 Å². The quantitative estimate of drug-likeness (QED) is 0.817. The van der Waals surface area contributed by atoms with Gasteiger partial charge in [-0.15, -0.1) is 0 Å². The van der Waals surface area contributed by atoms with Gasteiger partial charge in [-0.25, -0.2) is 0 Å². The van der Waals surface area contributed by atoms with E-state index in [1.165, 1.54) is 12.0 Å². The Kier molecular flexibility index (Phi) is 4.25. The van der Waals surface area contributed by atoms with Gasteiger partial charge < -0.3 is 5.43 Å².